The van der Waals surface area contributed by atoms with Gasteiger partial charge in [-0.2, -0.15) is 0 Å². The zero-order valence-corrected chi connectivity index (χ0v) is 25.2. The molecular formula is C32H38N6O5. The van der Waals surface area contributed by atoms with Crippen LogP contribution in [0.25, 0.3) is 22.3 Å². The average Bonchev–Trinajstić information content (AvgIpc) is 3.37. The second-order valence-corrected chi connectivity index (χ2v) is 11.5. The van der Waals surface area contributed by atoms with Crippen molar-refractivity contribution in [2.75, 3.05) is 45.2 Å². The number of benzene rings is 1. The van der Waals surface area contributed by atoms with Crippen molar-refractivity contribution in [3.05, 3.63) is 51.3 Å². The second-order valence-electron chi connectivity index (χ2n) is 11.5. The molecule has 1 atom stereocenters. The van der Waals surface area contributed by atoms with Gasteiger partial charge in [0, 0.05) is 30.8 Å². The Balaban J connectivity index is 1.47. The molecule has 226 valence electrons. The number of carbonyl (C=O) groups excluding carboxylic acids is 2. The van der Waals surface area contributed by atoms with Crippen LogP contribution in [0, 0.1) is 0 Å². The molecule has 0 saturated heterocycles. The Morgan fingerprint density at radius 3 is 2.81 bits per heavy atom. The van der Waals surface area contributed by atoms with Crippen LogP contribution >= 0.6 is 0 Å². The molecule has 2 aromatic heterocycles. The number of nitrogens with one attached hydrogen (secondary N) is 1. The van der Waals surface area contributed by atoms with E-state index < -0.39 is 17.5 Å². The number of unbranched alkanes of at least 4 members (excludes halogenated alkanes) is 2. The summed E-state index contributed by atoms with van der Waals surface area (Å²) in [5, 5.41) is 4.03. The number of fused-ring (bicyclic) bond motifs is 5. The molecule has 11 heteroatoms. The summed E-state index contributed by atoms with van der Waals surface area (Å²) in [6.45, 7) is 6.23. The van der Waals surface area contributed by atoms with E-state index in [2.05, 4.69) is 17.1 Å². The van der Waals surface area contributed by atoms with Crippen molar-refractivity contribution in [3.8, 4) is 11.4 Å². The maximum absolute atomic E-state index is 14.1. The normalized spacial score (nSPS) is 18.1. The number of esters is 2. The van der Waals surface area contributed by atoms with Crippen LogP contribution in [0.2, 0.25) is 0 Å². The predicted octanol–water partition coefficient (Wildman–Crippen LogP) is 3.45. The summed E-state index contributed by atoms with van der Waals surface area (Å²) in [5.41, 5.74) is 3.63. The van der Waals surface area contributed by atoms with Gasteiger partial charge in [0.05, 0.1) is 58.7 Å². The molecule has 3 aliphatic heterocycles. The molecule has 0 spiro atoms. The number of anilines is 1. The van der Waals surface area contributed by atoms with Crippen molar-refractivity contribution in [2.24, 2.45) is 4.99 Å². The minimum atomic E-state index is -1.72. The number of carbonyl (C=O) groups is 2. The molecule has 0 amide bonds. The van der Waals surface area contributed by atoms with E-state index in [1.807, 2.05) is 49.6 Å². The molecule has 43 heavy (non-hydrogen) atoms. The summed E-state index contributed by atoms with van der Waals surface area (Å²) in [4.78, 5) is 54.3. The first-order valence-electron chi connectivity index (χ1n) is 15.1. The highest BCUT2D eigenvalue weighted by Crippen LogP contribution is 2.47. The van der Waals surface area contributed by atoms with Crippen LogP contribution in [0.3, 0.4) is 0 Å². The fourth-order valence-corrected chi connectivity index (χ4v) is 6.39. The number of hydrogen-bond donors (Lipinski definition) is 1. The van der Waals surface area contributed by atoms with Gasteiger partial charge in [0.25, 0.3) is 5.56 Å². The number of rotatable bonds is 11. The van der Waals surface area contributed by atoms with E-state index >= 15 is 0 Å². The Labute approximate surface area is 250 Å². The number of nitrogens with zero attached hydrogens (tertiary/aromatic N) is 5. The molecule has 0 bridgehead atoms. The largest absolute Gasteiger partial charge is 0.457 e. The van der Waals surface area contributed by atoms with Gasteiger partial charge in [-0.05, 0) is 45.1 Å². The number of pyridine rings is 2. The van der Waals surface area contributed by atoms with Crippen LogP contribution in [0.15, 0.2) is 34.1 Å². The third-order valence-corrected chi connectivity index (χ3v) is 8.69. The van der Waals surface area contributed by atoms with Gasteiger partial charge >= 0.3 is 11.9 Å². The smallest absolute Gasteiger partial charge is 0.355 e. The van der Waals surface area contributed by atoms with Crippen molar-refractivity contribution in [3.63, 3.8) is 0 Å². The van der Waals surface area contributed by atoms with Crippen molar-refractivity contribution in [1.82, 2.24) is 19.8 Å². The summed E-state index contributed by atoms with van der Waals surface area (Å²) in [7, 11) is 3.65. The summed E-state index contributed by atoms with van der Waals surface area (Å²) in [5.74, 6) is -1.23. The number of aliphatic imine (C=N–C) groups is 1. The third kappa shape index (κ3) is 4.80. The maximum atomic E-state index is 14.1. The van der Waals surface area contributed by atoms with Crippen LogP contribution in [0.1, 0.15) is 56.2 Å². The molecule has 0 saturated carbocycles. The van der Waals surface area contributed by atoms with E-state index in [9.17, 15) is 14.4 Å². The Morgan fingerprint density at radius 1 is 1.21 bits per heavy atom. The standard InChI is InChI=1S/C32H38N6O5/c1-5-7-8-13-37-19-34-23-10-9-11-24-27(23)29(37)20-16-38-25(28(20)35-24)15-22-21(30(38)40)18-42-31(41)32(22,6-2)43-26(39)17-36(4)14-12-33-3/h9-11,15,19,33H,5-8,12-14,16-18H2,1-4H3/t32-/m0/s1. The van der Waals surface area contributed by atoms with Gasteiger partial charge in [-0.3, -0.25) is 14.5 Å². The highest BCUT2D eigenvalue weighted by atomic mass is 16.6. The van der Waals surface area contributed by atoms with E-state index in [4.69, 9.17) is 19.5 Å². The van der Waals surface area contributed by atoms with Gasteiger partial charge in [-0.15, -0.1) is 0 Å². The van der Waals surface area contributed by atoms with Crippen LogP contribution in [-0.2, 0) is 37.8 Å². The summed E-state index contributed by atoms with van der Waals surface area (Å²) >= 11 is 0. The van der Waals surface area contributed by atoms with Crippen LogP contribution in [-0.4, -0.2) is 73.0 Å². The van der Waals surface area contributed by atoms with Crippen LogP contribution < -0.4 is 15.8 Å². The number of aromatic nitrogens is 2. The van der Waals surface area contributed by atoms with Gasteiger partial charge in [-0.1, -0.05) is 32.8 Å². The van der Waals surface area contributed by atoms with Gasteiger partial charge < -0.3 is 24.3 Å². The average molecular weight is 587 g/mol. The first-order chi connectivity index (χ1) is 20.8. The quantitative estimate of drug-likeness (QED) is 0.208. The van der Waals surface area contributed by atoms with Gasteiger partial charge in [0.2, 0.25) is 5.60 Å². The molecule has 3 aromatic rings. The van der Waals surface area contributed by atoms with Crippen molar-refractivity contribution in [2.45, 2.75) is 58.3 Å². The summed E-state index contributed by atoms with van der Waals surface area (Å²) < 4.78 is 13.2. The Morgan fingerprint density at radius 2 is 2.05 bits per heavy atom. The first-order valence-corrected chi connectivity index (χ1v) is 15.1. The molecule has 6 rings (SSSR count). The maximum Gasteiger partial charge on any atom is 0.355 e. The van der Waals surface area contributed by atoms with Crippen molar-refractivity contribution < 1.29 is 19.1 Å². The Bertz CT molecular complexity index is 1700. The first kappa shape index (κ1) is 29.0. The molecule has 1 N–H and O–H groups in total. The number of hydrogen-bond acceptors (Lipinski definition) is 10. The van der Waals surface area contributed by atoms with E-state index in [0.29, 0.717) is 42.1 Å². The van der Waals surface area contributed by atoms with Crippen molar-refractivity contribution in [1.29, 1.82) is 0 Å². The van der Waals surface area contributed by atoms with Gasteiger partial charge in [0.15, 0.2) is 0 Å². The van der Waals surface area contributed by atoms with Crippen molar-refractivity contribution >= 4 is 40.6 Å². The monoisotopic (exact) mass is 586 g/mol. The van der Waals surface area contributed by atoms with E-state index in [1.165, 1.54) is 0 Å². The number of ether oxygens (including phenoxy) is 2. The lowest BCUT2D eigenvalue weighted by molar-refractivity contribution is -0.189. The molecule has 11 nitrogen and oxygen atoms in total. The highest BCUT2D eigenvalue weighted by Gasteiger charge is 2.50. The Kier molecular flexibility index (Phi) is 7.78. The molecule has 0 aliphatic carbocycles. The zero-order valence-electron chi connectivity index (χ0n) is 25.2. The predicted molar refractivity (Wildman–Crippen MR) is 165 cm³/mol. The lowest BCUT2D eigenvalue weighted by Gasteiger charge is -2.36. The molecular weight excluding hydrogens is 548 g/mol. The molecule has 0 fully saturated rings. The van der Waals surface area contributed by atoms with E-state index in [0.717, 1.165) is 53.6 Å². The minimum Gasteiger partial charge on any atom is -0.457 e. The van der Waals surface area contributed by atoms with Gasteiger partial charge in [-0.25, -0.2) is 14.8 Å². The summed E-state index contributed by atoms with van der Waals surface area (Å²) in [6.07, 6.45) is 5.23. The SMILES string of the molecule is CCCCCN1C=Nc2cccc3nc4c(c1c23)Cn1c-4cc2c(c1=O)COC(=O)[C@@]2(CC)OC(=O)CN(C)CCNC. The lowest BCUT2D eigenvalue weighted by Crippen LogP contribution is -2.48. The third-order valence-electron chi connectivity index (χ3n) is 8.69. The molecule has 0 unspecified atom stereocenters. The van der Waals surface area contributed by atoms with E-state index in [-0.39, 0.29) is 25.1 Å². The second kappa shape index (κ2) is 11.5. The fraction of sp³-hybridized carbons (Fsp3) is 0.469. The molecule has 5 heterocycles. The lowest BCUT2D eigenvalue weighted by atomic mass is 9.85. The Hall–Kier alpha value is -4.09. The molecule has 1 aromatic carbocycles. The number of likely N-dealkylation sites (N-methyl/N-ethyl adjacent to an activating group) is 2. The minimum absolute atomic E-state index is 0.00649. The fourth-order valence-electron chi connectivity index (χ4n) is 6.39. The van der Waals surface area contributed by atoms with E-state index in [1.54, 1.807) is 11.5 Å². The highest BCUT2D eigenvalue weighted by molar-refractivity contribution is 6.11. The van der Waals surface area contributed by atoms with Crippen LogP contribution in [0.4, 0.5) is 11.4 Å². The number of cyclic esters (lactones) is 1. The topological polar surface area (TPSA) is 118 Å². The molecule has 3 aliphatic rings. The zero-order chi connectivity index (χ0) is 30.3. The van der Waals surface area contributed by atoms with Gasteiger partial charge in [0.1, 0.15) is 6.61 Å². The summed E-state index contributed by atoms with van der Waals surface area (Å²) in [6, 6.07) is 7.70. The van der Waals surface area contributed by atoms with Crippen LogP contribution in [0.5, 0.6) is 0 Å². The molecule has 0 radical (unpaired) electrons.